The van der Waals surface area contributed by atoms with E-state index in [1.54, 1.807) is 11.8 Å². The van der Waals surface area contributed by atoms with Crippen LogP contribution in [0, 0.1) is 0 Å². The Morgan fingerprint density at radius 1 is 1.60 bits per heavy atom. The van der Waals surface area contributed by atoms with Gasteiger partial charge in [0.25, 0.3) is 0 Å². The molecule has 0 atom stereocenters. The molecule has 0 aromatic heterocycles. The van der Waals surface area contributed by atoms with Gasteiger partial charge in [0.1, 0.15) is 0 Å². The minimum Gasteiger partial charge on any atom is -0.481 e. The SMILES string of the molecule is CSC(C)(C)CCC(=O)O. The predicted octanol–water partition coefficient (Wildman–Crippen LogP) is 1.99. The van der Waals surface area contributed by atoms with Gasteiger partial charge in [0, 0.05) is 11.2 Å². The number of hydrogen-bond acceptors (Lipinski definition) is 2. The van der Waals surface area contributed by atoms with Gasteiger partial charge in [-0.2, -0.15) is 11.8 Å². The molecule has 10 heavy (non-hydrogen) atoms. The van der Waals surface area contributed by atoms with Crippen LogP contribution in [0.4, 0.5) is 0 Å². The van der Waals surface area contributed by atoms with E-state index >= 15 is 0 Å². The number of carboxylic acid groups (broad SMARTS) is 1. The second-order valence-corrected chi connectivity index (χ2v) is 4.37. The molecule has 0 spiro atoms. The lowest BCUT2D eigenvalue weighted by molar-refractivity contribution is -0.137. The highest BCUT2D eigenvalue weighted by Crippen LogP contribution is 2.26. The summed E-state index contributed by atoms with van der Waals surface area (Å²) in [5, 5.41) is 8.36. The van der Waals surface area contributed by atoms with Gasteiger partial charge >= 0.3 is 5.97 Å². The Bertz CT molecular complexity index is 121. The van der Waals surface area contributed by atoms with Gasteiger partial charge in [0.2, 0.25) is 0 Å². The maximum absolute atomic E-state index is 10.2. The molecule has 0 aliphatic carbocycles. The third-order valence-corrected chi connectivity index (χ3v) is 2.80. The van der Waals surface area contributed by atoms with E-state index in [0.29, 0.717) is 0 Å². The van der Waals surface area contributed by atoms with Gasteiger partial charge in [-0.25, -0.2) is 0 Å². The highest BCUT2D eigenvalue weighted by molar-refractivity contribution is 7.99. The Kier molecular flexibility index (Phi) is 3.79. The molecule has 0 saturated heterocycles. The van der Waals surface area contributed by atoms with Crippen molar-refractivity contribution < 1.29 is 9.90 Å². The van der Waals surface area contributed by atoms with Crippen LogP contribution >= 0.6 is 11.8 Å². The highest BCUT2D eigenvalue weighted by atomic mass is 32.2. The lowest BCUT2D eigenvalue weighted by Gasteiger charge is -2.20. The van der Waals surface area contributed by atoms with Crippen LogP contribution in [-0.2, 0) is 4.79 Å². The lowest BCUT2D eigenvalue weighted by atomic mass is 10.1. The third kappa shape index (κ3) is 4.68. The van der Waals surface area contributed by atoms with Gasteiger partial charge < -0.3 is 5.11 Å². The summed E-state index contributed by atoms with van der Waals surface area (Å²) in [5.74, 6) is -0.706. The van der Waals surface area contributed by atoms with Crippen LogP contribution in [0.15, 0.2) is 0 Å². The van der Waals surface area contributed by atoms with Crippen LogP contribution in [0.25, 0.3) is 0 Å². The van der Waals surface area contributed by atoms with Crippen LogP contribution < -0.4 is 0 Å². The number of carbonyl (C=O) groups is 1. The zero-order chi connectivity index (χ0) is 8.20. The average molecular weight is 162 g/mol. The molecular formula is C7H14O2S. The summed E-state index contributed by atoms with van der Waals surface area (Å²) in [6.07, 6.45) is 3.01. The van der Waals surface area contributed by atoms with Crippen LogP contribution in [-0.4, -0.2) is 22.1 Å². The second kappa shape index (κ2) is 3.86. The van der Waals surface area contributed by atoms with Crippen molar-refractivity contribution >= 4 is 17.7 Å². The van der Waals surface area contributed by atoms with Crippen molar-refractivity contribution in [1.82, 2.24) is 0 Å². The van der Waals surface area contributed by atoms with Crippen molar-refractivity contribution in [1.29, 1.82) is 0 Å². The van der Waals surface area contributed by atoms with Crippen LogP contribution in [0.2, 0.25) is 0 Å². The molecule has 0 saturated carbocycles. The van der Waals surface area contributed by atoms with E-state index < -0.39 is 5.97 Å². The Morgan fingerprint density at radius 2 is 2.10 bits per heavy atom. The monoisotopic (exact) mass is 162 g/mol. The first-order chi connectivity index (χ1) is 4.48. The molecule has 0 fully saturated rings. The zero-order valence-corrected chi connectivity index (χ0v) is 7.49. The van der Waals surface area contributed by atoms with E-state index in [1.165, 1.54) is 0 Å². The molecule has 0 bridgehead atoms. The predicted molar refractivity (Wildman–Crippen MR) is 44.5 cm³/mol. The van der Waals surface area contributed by atoms with Crippen LogP contribution in [0.3, 0.4) is 0 Å². The van der Waals surface area contributed by atoms with Gasteiger partial charge in [0.05, 0.1) is 0 Å². The van der Waals surface area contributed by atoms with Gasteiger partial charge in [-0.05, 0) is 12.7 Å². The first-order valence-electron chi connectivity index (χ1n) is 3.25. The largest absolute Gasteiger partial charge is 0.481 e. The molecule has 3 heteroatoms. The van der Waals surface area contributed by atoms with E-state index in [0.717, 1.165) is 6.42 Å². The normalized spacial score (nSPS) is 11.5. The highest BCUT2D eigenvalue weighted by Gasteiger charge is 2.16. The molecule has 0 rings (SSSR count). The summed E-state index contributed by atoms with van der Waals surface area (Å²) >= 11 is 1.71. The van der Waals surface area contributed by atoms with E-state index in [2.05, 4.69) is 13.8 Å². The average Bonchev–Trinajstić information content (AvgIpc) is 1.85. The molecule has 0 radical (unpaired) electrons. The van der Waals surface area contributed by atoms with E-state index in [4.69, 9.17) is 5.11 Å². The molecule has 0 aromatic rings. The summed E-state index contributed by atoms with van der Waals surface area (Å²) in [6.45, 7) is 4.11. The second-order valence-electron chi connectivity index (χ2n) is 2.86. The van der Waals surface area contributed by atoms with Crippen molar-refractivity contribution in [2.24, 2.45) is 0 Å². The third-order valence-electron chi connectivity index (χ3n) is 1.49. The zero-order valence-electron chi connectivity index (χ0n) is 6.68. The van der Waals surface area contributed by atoms with Crippen molar-refractivity contribution in [2.45, 2.75) is 31.4 Å². The number of thioether (sulfide) groups is 1. The molecular weight excluding hydrogens is 148 g/mol. The fourth-order valence-electron chi connectivity index (χ4n) is 0.510. The molecule has 1 N–H and O–H groups in total. The molecule has 2 nitrogen and oxygen atoms in total. The number of carboxylic acids is 1. The fraction of sp³-hybridized carbons (Fsp3) is 0.857. The number of rotatable bonds is 4. The van der Waals surface area contributed by atoms with Crippen molar-refractivity contribution in [3.63, 3.8) is 0 Å². The van der Waals surface area contributed by atoms with Gasteiger partial charge in [0.15, 0.2) is 0 Å². The molecule has 0 unspecified atom stereocenters. The Balaban J connectivity index is 3.56. The molecule has 0 heterocycles. The lowest BCUT2D eigenvalue weighted by Crippen LogP contribution is -2.15. The number of hydrogen-bond donors (Lipinski definition) is 1. The summed E-state index contributed by atoms with van der Waals surface area (Å²) in [7, 11) is 0. The summed E-state index contributed by atoms with van der Waals surface area (Å²) in [6, 6.07) is 0. The van der Waals surface area contributed by atoms with Gasteiger partial charge in [-0.3, -0.25) is 4.79 Å². The maximum Gasteiger partial charge on any atom is 0.303 e. The topological polar surface area (TPSA) is 37.3 Å². The summed E-state index contributed by atoms with van der Waals surface area (Å²) in [5.41, 5.74) is 0. The first-order valence-corrected chi connectivity index (χ1v) is 4.47. The smallest absolute Gasteiger partial charge is 0.303 e. The minimum atomic E-state index is -0.706. The quantitative estimate of drug-likeness (QED) is 0.687. The molecule has 0 aromatic carbocycles. The Labute approximate surface area is 66.0 Å². The van der Waals surface area contributed by atoms with E-state index in [-0.39, 0.29) is 11.2 Å². The van der Waals surface area contributed by atoms with Crippen LogP contribution in [0.1, 0.15) is 26.7 Å². The molecule has 0 amide bonds. The first kappa shape index (κ1) is 9.82. The van der Waals surface area contributed by atoms with Gasteiger partial charge in [-0.15, -0.1) is 0 Å². The maximum atomic E-state index is 10.2. The van der Waals surface area contributed by atoms with Crippen molar-refractivity contribution in [3.05, 3.63) is 0 Å². The summed E-state index contributed by atoms with van der Waals surface area (Å²) < 4.78 is 0.110. The Hall–Kier alpha value is -0.180. The number of aliphatic carboxylic acids is 1. The molecule has 60 valence electrons. The molecule has 0 aliphatic heterocycles. The summed E-state index contributed by atoms with van der Waals surface area (Å²) in [4.78, 5) is 10.2. The fourth-order valence-corrected chi connectivity index (χ4v) is 0.816. The molecule has 0 aliphatic rings. The Morgan fingerprint density at radius 3 is 2.40 bits per heavy atom. The van der Waals surface area contributed by atoms with Crippen molar-refractivity contribution in [3.8, 4) is 0 Å². The minimum absolute atomic E-state index is 0.110. The van der Waals surface area contributed by atoms with E-state index in [9.17, 15) is 4.79 Å². The standard InChI is InChI=1S/C7H14O2S/c1-7(2,10-3)5-4-6(8)9/h4-5H2,1-3H3,(H,8,9). The van der Waals surface area contributed by atoms with Crippen molar-refractivity contribution in [2.75, 3.05) is 6.26 Å². The van der Waals surface area contributed by atoms with E-state index in [1.807, 2.05) is 6.26 Å². The van der Waals surface area contributed by atoms with Gasteiger partial charge in [-0.1, -0.05) is 13.8 Å². The van der Waals surface area contributed by atoms with Crippen LogP contribution in [0.5, 0.6) is 0 Å².